The number of halogens is 1. The molecule has 0 radical (unpaired) electrons. The van der Waals surface area contributed by atoms with Crippen LogP contribution in [0.4, 0.5) is 4.39 Å². The van der Waals surface area contributed by atoms with E-state index in [1.165, 1.54) is 12.1 Å². The van der Waals surface area contributed by atoms with Crippen LogP contribution in [0.15, 0.2) is 41.9 Å². The van der Waals surface area contributed by atoms with Crippen molar-refractivity contribution < 1.29 is 9.13 Å². The minimum Gasteiger partial charge on any atom is -0.492 e. The molecule has 4 nitrogen and oxygen atoms in total. The molecule has 0 atom stereocenters. The lowest BCUT2D eigenvalue weighted by atomic mass is 10.3. The normalized spacial score (nSPS) is 10.9. The second-order valence-corrected chi connectivity index (χ2v) is 3.74. The summed E-state index contributed by atoms with van der Waals surface area (Å²) >= 11 is 0. The van der Waals surface area contributed by atoms with Crippen LogP contribution in [0.3, 0.4) is 0 Å². The van der Waals surface area contributed by atoms with E-state index in [0.29, 0.717) is 31.4 Å². The van der Waals surface area contributed by atoms with Gasteiger partial charge in [0.15, 0.2) is 5.96 Å². The Morgan fingerprint density at radius 2 is 2.32 bits per heavy atom. The Morgan fingerprint density at radius 3 is 3.00 bits per heavy atom. The van der Waals surface area contributed by atoms with Gasteiger partial charge in [-0.2, -0.15) is 0 Å². The first-order chi connectivity index (χ1) is 9.26. The molecule has 104 valence electrons. The van der Waals surface area contributed by atoms with E-state index >= 15 is 0 Å². The van der Waals surface area contributed by atoms with E-state index in [0.717, 1.165) is 6.54 Å². The van der Waals surface area contributed by atoms with Crippen LogP contribution in [0.25, 0.3) is 0 Å². The van der Waals surface area contributed by atoms with Gasteiger partial charge in [0, 0.05) is 19.2 Å². The van der Waals surface area contributed by atoms with Crippen molar-refractivity contribution in [3.05, 3.63) is 42.7 Å². The van der Waals surface area contributed by atoms with Crippen molar-refractivity contribution in [3.8, 4) is 5.75 Å². The van der Waals surface area contributed by atoms with Gasteiger partial charge in [0.1, 0.15) is 18.2 Å². The fourth-order valence-electron chi connectivity index (χ4n) is 1.39. The van der Waals surface area contributed by atoms with Gasteiger partial charge >= 0.3 is 0 Å². The summed E-state index contributed by atoms with van der Waals surface area (Å²) in [5, 5.41) is 6.18. The molecular formula is C14H20FN3O. The van der Waals surface area contributed by atoms with Crippen LogP contribution in [0.1, 0.15) is 6.92 Å². The van der Waals surface area contributed by atoms with Gasteiger partial charge in [0.05, 0.1) is 6.54 Å². The van der Waals surface area contributed by atoms with Crippen LogP contribution >= 0.6 is 0 Å². The number of nitrogens with one attached hydrogen (secondary N) is 2. The van der Waals surface area contributed by atoms with Gasteiger partial charge in [0.25, 0.3) is 0 Å². The van der Waals surface area contributed by atoms with Crippen molar-refractivity contribution in [2.75, 3.05) is 26.2 Å². The van der Waals surface area contributed by atoms with E-state index in [1.807, 2.05) is 6.92 Å². The molecule has 0 saturated carbocycles. The third kappa shape index (κ3) is 6.45. The van der Waals surface area contributed by atoms with Gasteiger partial charge in [-0.1, -0.05) is 12.1 Å². The smallest absolute Gasteiger partial charge is 0.191 e. The first kappa shape index (κ1) is 15.0. The summed E-state index contributed by atoms with van der Waals surface area (Å²) in [7, 11) is 0. The van der Waals surface area contributed by atoms with Gasteiger partial charge < -0.3 is 15.4 Å². The number of rotatable bonds is 7. The zero-order chi connectivity index (χ0) is 13.9. The molecule has 19 heavy (non-hydrogen) atoms. The molecule has 5 heteroatoms. The molecule has 0 aliphatic carbocycles. The topological polar surface area (TPSA) is 45.7 Å². The lowest BCUT2D eigenvalue weighted by Crippen LogP contribution is -2.37. The maximum atomic E-state index is 12.9. The molecule has 0 amide bonds. The highest BCUT2D eigenvalue weighted by Crippen LogP contribution is 2.11. The highest BCUT2D eigenvalue weighted by molar-refractivity contribution is 5.79. The third-order valence-electron chi connectivity index (χ3n) is 2.18. The van der Waals surface area contributed by atoms with Gasteiger partial charge in [-0.3, -0.25) is 0 Å². The molecule has 0 aliphatic rings. The molecular weight excluding hydrogens is 245 g/mol. The number of benzene rings is 1. The highest BCUT2D eigenvalue weighted by atomic mass is 19.1. The predicted molar refractivity (Wildman–Crippen MR) is 76.1 cm³/mol. The molecule has 1 rings (SSSR count). The maximum Gasteiger partial charge on any atom is 0.191 e. The Kier molecular flexibility index (Phi) is 7.09. The van der Waals surface area contributed by atoms with Crippen molar-refractivity contribution in [3.63, 3.8) is 0 Å². The lowest BCUT2D eigenvalue weighted by molar-refractivity contribution is 0.326. The first-order valence-corrected chi connectivity index (χ1v) is 6.27. The monoisotopic (exact) mass is 265 g/mol. The van der Waals surface area contributed by atoms with Crippen LogP contribution < -0.4 is 15.4 Å². The van der Waals surface area contributed by atoms with E-state index < -0.39 is 0 Å². The van der Waals surface area contributed by atoms with Gasteiger partial charge in [-0.15, -0.1) is 6.58 Å². The molecule has 0 unspecified atom stereocenters. The number of ether oxygens (including phenoxy) is 1. The molecule has 1 aromatic carbocycles. The average molecular weight is 265 g/mol. The van der Waals surface area contributed by atoms with E-state index in [-0.39, 0.29) is 5.82 Å². The van der Waals surface area contributed by atoms with Crippen molar-refractivity contribution in [2.45, 2.75) is 6.92 Å². The lowest BCUT2D eigenvalue weighted by Gasteiger charge is -2.09. The second-order valence-electron chi connectivity index (χ2n) is 3.74. The van der Waals surface area contributed by atoms with Crippen molar-refractivity contribution in [2.24, 2.45) is 4.99 Å². The van der Waals surface area contributed by atoms with Crippen LogP contribution in [-0.2, 0) is 0 Å². The molecule has 0 aliphatic heterocycles. The number of guanidine groups is 1. The highest BCUT2D eigenvalue weighted by Gasteiger charge is 1.97. The predicted octanol–water partition coefficient (Wildman–Crippen LogP) is 1.95. The Bertz CT molecular complexity index is 421. The van der Waals surface area contributed by atoms with Crippen LogP contribution in [0.5, 0.6) is 5.75 Å². The summed E-state index contributed by atoms with van der Waals surface area (Å²) in [4.78, 5) is 4.32. The number of hydrogen-bond acceptors (Lipinski definition) is 2. The quantitative estimate of drug-likeness (QED) is 0.343. The maximum absolute atomic E-state index is 12.9. The van der Waals surface area contributed by atoms with Crippen LogP contribution in [-0.4, -0.2) is 32.2 Å². The van der Waals surface area contributed by atoms with Crippen LogP contribution in [0.2, 0.25) is 0 Å². The molecule has 0 fully saturated rings. The van der Waals surface area contributed by atoms with Crippen LogP contribution in [0, 0.1) is 5.82 Å². The molecule has 1 aromatic rings. The summed E-state index contributed by atoms with van der Waals surface area (Å²) < 4.78 is 18.3. The standard InChI is InChI=1S/C14H20FN3O/c1-3-8-17-14(16-4-2)18-9-10-19-13-7-5-6-12(15)11-13/h3,5-7,11H,1,4,8-10H2,2H3,(H2,16,17,18). The summed E-state index contributed by atoms with van der Waals surface area (Å²) in [5.74, 6) is 0.923. The summed E-state index contributed by atoms with van der Waals surface area (Å²) in [6, 6.07) is 6.07. The van der Waals surface area contributed by atoms with Crippen molar-refractivity contribution >= 4 is 5.96 Å². The van der Waals surface area contributed by atoms with E-state index in [4.69, 9.17) is 4.74 Å². The zero-order valence-corrected chi connectivity index (χ0v) is 11.2. The van der Waals surface area contributed by atoms with Crippen molar-refractivity contribution in [1.82, 2.24) is 10.6 Å². The SMILES string of the molecule is C=CCNC(=NCCOc1cccc(F)c1)NCC. The van der Waals surface area contributed by atoms with Gasteiger partial charge in [0.2, 0.25) is 0 Å². The fourth-order valence-corrected chi connectivity index (χ4v) is 1.39. The number of nitrogens with zero attached hydrogens (tertiary/aromatic N) is 1. The molecule has 0 spiro atoms. The van der Waals surface area contributed by atoms with E-state index in [2.05, 4.69) is 22.2 Å². The summed E-state index contributed by atoms with van der Waals surface area (Å²) in [5.41, 5.74) is 0. The molecule has 0 bridgehead atoms. The molecule has 0 aromatic heterocycles. The largest absolute Gasteiger partial charge is 0.492 e. The first-order valence-electron chi connectivity index (χ1n) is 6.27. The van der Waals surface area contributed by atoms with E-state index in [1.54, 1.807) is 18.2 Å². The zero-order valence-electron chi connectivity index (χ0n) is 11.2. The molecule has 0 saturated heterocycles. The Labute approximate surface area is 113 Å². The Hall–Kier alpha value is -2.04. The molecule has 2 N–H and O–H groups in total. The third-order valence-corrected chi connectivity index (χ3v) is 2.18. The van der Waals surface area contributed by atoms with Crippen molar-refractivity contribution in [1.29, 1.82) is 0 Å². The number of hydrogen-bond donors (Lipinski definition) is 2. The summed E-state index contributed by atoms with van der Waals surface area (Å²) in [6.45, 7) is 7.95. The number of aliphatic imine (C=N–C) groups is 1. The second kappa shape index (κ2) is 8.97. The van der Waals surface area contributed by atoms with Gasteiger partial charge in [-0.25, -0.2) is 9.38 Å². The minimum absolute atomic E-state index is 0.304. The van der Waals surface area contributed by atoms with E-state index in [9.17, 15) is 4.39 Å². The Balaban J connectivity index is 2.35. The Morgan fingerprint density at radius 1 is 1.47 bits per heavy atom. The molecule has 0 heterocycles. The minimum atomic E-state index is -0.304. The summed E-state index contributed by atoms with van der Waals surface area (Å²) in [6.07, 6.45) is 1.76. The average Bonchev–Trinajstić information content (AvgIpc) is 2.41. The van der Waals surface area contributed by atoms with Gasteiger partial charge in [-0.05, 0) is 19.1 Å². The fraction of sp³-hybridized carbons (Fsp3) is 0.357.